The van der Waals surface area contributed by atoms with Crippen molar-refractivity contribution in [3.8, 4) is 5.75 Å². The van der Waals surface area contributed by atoms with Crippen molar-refractivity contribution in [2.75, 3.05) is 17.6 Å². The van der Waals surface area contributed by atoms with Crippen LogP contribution < -0.4 is 9.46 Å². The fraction of sp³-hybridized carbons (Fsp3) is 0.240. The molecule has 1 atom stereocenters. The van der Waals surface area contributed by atoms with Crippen molar-refractivity contribution in [3.05, 3.63) is 89.5 Å². The van der Waals surface area contributed by atoms with Gasteiger partial charge in [0.2, 0.25) is 10.0 Å². The Balaban J connectivity index is 1.73. The number of methoxy groups -OCH3 is 1. The van der Waals surface area contributed by atoms with Gasteiger partial charge in [0.15, 0.2) is 0 Å². The molecule has 1 aliphatic rings. The van der Waals surface area contributed by atoms with Gasteiger partial charge in [0.05, 0.1) is 29.5 Å². The first kappa shape index (κ1) is 24.7. The highest BCUT2D eigenvalue weighted by Crippen LogP contribution is 2.38. The summed E-state index contributed by atoms with van der Waals surface area (Å²) in [4.78, 5) is 0.202. The number of nitrogens with zero attached hydrogens (tertiary/aromatic N) is 2. The number of hydrazone groups is 1. The van der Waals surface area contributed by atoms with Crippen LogP contribution in [0.3, 0.4) is 0 Å². The molecule has 0 aromatic heterocycles. The molecule has 0 fully saturated rings. The van der Waals surface area contributed by atoms with E-state index in [2.05, 4.69) is 9.82 Å². The lowest BCUT2D eigenvalue weighted by atomic mass is 9.99. The molecule has 4 rings (SSSR count). The quantitative estimate of drug-likeness (QED) is 0.483. The van der Waals surface area contributed by atoms with Gasteiger partial charge in [-0.15, -0.1) is 0 Å². The van der Waals surface area contributed by atoms with Crippen LogP contribution in [0, 0.1) is 6.92 Å². The van der Waals surface area contributed by atoms with Gasteiger partial charge in [-0.2, -0.15) is 17.9 Å². The smallest absolute Gasteiger partial charge is 0.279 e. The van der Waals surface area contributed by atoms with Gasteiger partial charge < -0.3 is 4.74 Å². The van der Waals surface area contributed by atoms with Gasteiger partial charge in [0, 0.05) is 12.1 Å². The molecule has 0 radical (unpaired) electrons. The predicted octanol–water partition coefficient (Wildman–Crippen LogP) is 4.31. The van der Waals surface area contributed by atoms with Crippen LogP contribution in [0.1, 0.15) is 36.1 Å². The van der Waals surface area contributed by atoms with Gasteiger partial charge in [-0.05, 0) is 60.9 Å². The van der Waals surface area contributed by atoms with Crippen LogP contribution >= 0.6 is 0 Å². The largest absolute Gasteiger partial charge is 0.497 e. The highest BCUT2D eigenvalue weighted by atomic mass is 32.2. The Kier molecular flexibility index (Phi) is 6.86. The lowest BCUT2D eigenvalue weighted by molar-refractivity contribution is 0.370. The highest BCUT2D eigenvalue weighted by Gasteiger charge is 2.38. The van der Waals surface area contributed by atoms with Crippen molar-refractivity contribution in [2.45, 2.75) is 31.2 Å². The van der Waals surface area contributed by atoms with Gasteiger partial charge in [0.1, 0.15) is 5.75 Å². The maximum atomic E-state index is 13.7. The van der Waals surface area contributed by atoms with Crippen molar-refractivity contribution in [2.24, 2.45) is 5.10 Å². The van der Waals surface area contributed by atoms with E-state index < -0.39 is 26.1 Å². The average molecular weight is 514 g/mol. The number of rotatable bonds is 8. The minimum atomic E-state index is -3.94. The Morgan fingerprint density at radius 1 is 0.971 bits per heavy atom. The molecular formula is C25H27N3O5S2. The molecule has 0 saturated carbocycles. The lowest BCUT2D eigenvalue weighted by Gasteiger charge is -2.24. The number of hydrogen-bond donors (Lipinski definition) is 1. The molecule has 184 valence electrons. The standard InChI is InChI=1S/C25H27N3O5S2/c1-4-34(29,30)27-21-13-9-19(10-14-21)23-17-24(20-11-15-22(33-3)16-12-20)28(26-23)35(31,32)25-8-6-5-7-18(25)2/h5-16,24,27H,4,17H2,1-3H3/t24-/m1/s1. The summed E-state index contributed by atoms with van der Waals surface area (Å²) in [6.07, 6.45) is 0.359. The van der Waals surface area contributed by atoms with Crippen LogP contribution in [0.4, 0.5) is 5.69 Å². The molecule has 0 bridgehead atoms. The van der Waals surface area contributed by atoms with Crippen molar-refractivity contribution in [1.29, 1.82) is 0 Å². The van der Waals surface area contributed by atoms with Gasteiger partial charge in [-0.3, -0.25) is 4.72 Å². The molecule has 1 aliphatic heterocycles. The molecule has 1 N–H and O–H groups in total. The number of ether oxygens (including phenoxy) is 1. The van der Waals surface area contributed by atoms with Crippen molar-refractivity contribution in [1.82, 2.24) is 4.41 Å². The first-order valence-electron chi connectivity index (χ1n) is 11.1. The highest BCUT2D eigenvalue weighted by molar-refractivity contribution is 7.92. The fourth-order valence-corrected chi connectivity index (χ4v) is 6.19. The third-order valence-corrected chi connectivity index (χ3v) is 9.01. The number of hydrogen-bond acceptors (Lipinski definition) is 6. The van der Waals surface area contributed by atoms with Crippen LogP contribution in [0.15, 0.2) is 82.8 Å². The maximum absolute atomic E-state index is 13.7. The summed E-state index contributed by atoms with van der Waals surface area (Å²) in [5.41, 5.74) is 3.16. The minimum absolute atomic E-state index is 0.0310. The molecule has 0 saturated heterocycles. The van der Waals surface area contributed by atoms with E-state index in [9.17, 15) is 16.8 Å². The van der Waals surface area contributed by atoms with Crippen molar-refractivity contribution in [3.63, 3.8) is 0 Å². The number of anilines is 1. The average Bonchev–Trinajstić information content (AvgIpc) is 3.31. The van der Waals surface area contributed by atoms with Crippen LogP contribution in [0.2, 0.25) is 0 Å². The number of aryl methyl sites for hydroxylation is 1. The molecule has 0 unspecified atom stereocenters. The molecule has 3 aromatic rings. The summed E-state index contributed by atoms with van der Waals surface area (Å²) in [6.45, 7) is 3.32. The third kappa shape index (κ3) is 5.18. The first-order chi connectivity index (χ1) is 16.6. The monoisotopic (exact) mass is 513 g/mol. The van der Waals surface area contributed by atoms with E-state index in [-0.39, 0.29) is 10.6 Å². The molecular weight excluding hydrogens is 486 g/mol. The van der Waals surface area contributed by atoms with Gasteiger partial charge >= 0.3 is 0 Å². The summed E-state index contributed by atoms with van der Waals surface area (Å²) in [5, 5.41) is 4.56. The van der Waals surface area contributed by atoms with Crippen molar-refractivity contribution >= 4 is 31.4 Å². The van der Waals surface area contributed by atoms with E-state index in [1.54, 1.807) is 81.6 Å². The maximum Gasteiger partial charge on any atom is 0.279 e. The molecule has 0 amide bonds. The Bertz CT molecular complexity index is 1450. The summed E-state index contributed by atoms with van der Waals surface area (Å²) in [5.74, 6) is 0.641. The molecule has 3 aromatic carbocycles. The normalized spacial score (nSPS) is 16.1. The number of nitrogens with one attached hydrogen (secondary N) is 1. The van der Waals surface area contributed by atoms with Gasteiger partial charge in [-0.1, -0.05) is 42.5 Å². The first-order valence-corrected chi connectivity index (χ1v) is 14.2. The van der Waals surface area contributed by atoms with E-state index in [0.29, 0.717) is 34.7 Å². The molecule has 35 heavy (non-hydrogen) atoms. The van der Waals surface area contributed by atoms with Crippen LogP contribution in [-0.2, 0) is 20.0 Å². The topological polar surface area (TPSA) is 105 Å². The molecule has 1 heterocycles. The summed E-state index contributed by atoms with van der Waals surface area (Å²) >= 11 is 0. The second kappa shape index (κ2) is 9.71. The number of benzene rings is 3. The molecule has 8 nitrogen and oxygen atoms in total. The van der Waals surface area contributed by atoms with E-state index in [1.165, 1.54) is 4.41 Å². The summed E-state index contributed by atoms with van der Waals surface area (Å²) in [7, 11) is -5.76. The Morgan fingerprint density at radius 2 is 1.63 bits per heavy atom. The van der Waals surface area contributed by atoms with E-state index in [4.69, 9.17) is 4.74 Å². The second-order valence-corrected chi connectivity index (χ2v) is 11.9. The van der Waals surface area contributed by atoms with Crippen LogP contribution in [0.25, 0.3) is 0 Å². The summed E-state index contributed by atoms with van der Waals surface area (Å²) in [6, 6.07) is 20.3. The van der Waals surface area contributed by atoms with Gasteiger partial charge in [0.25, 0.3) is 10.0 Å². The minimum Gasteiger partial charge on any atom is -0.497 e. The zero-order chi connectivity index (χ0) is 25.2. The zero-order valence-corrected chi connectivity index (χ0v) is 21.3. The predicted molar refractivity (Wildman–Crippen MR) is 137 cm³/mol. The van der Waals surface area contributed by atoms with E-state index in [1.807, 2.05) is 12.1 Å². The Morgan fingerprint density at radius 3 is 2.23 bits per heavy atom. The van der Waals surface area contributed by atoms with E-state index in [0.717, 1.165) is 5.56 Å². The number of sulfonamides is 2. The van der Waals surface area contributed by atoms with Crippen LogP contribution in [-0.4, -0.2) is 39.8 Å². The lowest BCUT2D eigenvalue weighted by Crippen LogP contribution is -2.27. The summed E-state index contributed by atoms with van der Waals surface area (Å²) < 4.78 is 60.0. The Labute approximate surface area is 206 Å². The third-order valence-electron chi connectivity index (χ3n) is 5.86. The molecule has 10 heteroatoms. The fourth-order valence-electron chi connectivity index (χ4n) is 3.89. The SMILES string of the molecule is CCS(=O)(=O)Nc1ccc(C2=NN(S(=O)(=O)c3ccccc3C)[C@@H](c3ccc(OC)cc3)C2)cc1. The second-order valence-electron chi connectivity index (χ2n) is 8.17. The zero-order valence-electron chi connectivity index (χ0n) is 19.7. The van der Waals surface area contributed by atoms with Crippen LogP contribution in [0.5, 0.6) is 5.75 Å². The van der Waals surface area contributed by atoms with Crippen molar-refractivity contribution < 1.29 is 21.6 Å². The van der Waals surface area contributed by atoms with E-state index >= 15 is 0 Å². The molecule has 0 aliphatic carbocycles. The van der Waals surface area contributed by atoms with Gasteiger partial charge in [-0.25, -0.2) is 8.42 Å². The Hall–Kier alpha value is -3.37. The molecule has 0 spiro atoms.